The Balaban J connectivity index is 4.06. The summed E-state index contributed by atoms with van der Waals surface area (Å²) in [6.07, 6.45) is -0.285. The lowest BCUT2D eigenvalue weighted by Gasteiger charge is -2.08. The number of sulfonamides is 1. The van der Waals surface area contributed by atoms with Gasteiger partial charge in [0.15, 0.2) is 6.10 Å². The van der Waals surface area contributed by atoms with E-state index in [1.807, 2.05) is 4.72 Å². The number of aliphatic hydroxyl groups is 1. The van der Waals surface area contributed by atoms with Crippen molar-refractivity contribution >= 4 is 16.0 Å². The van der Waals surface area contributed by atoms with E-state index < -0.39 is 28.6 Å². The van der Waals surface area contributed by atoms with Gasteiger partial charge in [-0.3, -0.25) is 0 Å². The van der Waals surface area contributed by atoms with Crippen molar-refractivity contribution < 1.29 is 23.1 Å². The lowest BCUT2D eigenvalue weighted by molar-refractivity contribution is -0.149. The zero-order valence-electron chi connectivity index (χ0n) is 7.76. The van der Waals surface area contributed by atoms with Gasteiger partial charge in [0.2, 0.25) is 10.0 Å². The summed E-state index contributed by atoms with van der Waals surface area (Å²) in [6.45, 7) is 2.85. The number of aliphatic hydroxyl groups excluding tert-OH is 1. The highest BCUT2D eigenvalue weighted by molar-refractivity contribution is 7.89. The van der Waals surface area contributed by atoms with Gasteiger partial charge in [-0.2, -0.15) is 0 Å². The maximum Gasteiger partial charge on any atom is 0.336 e. The zero-order valence-corrected chi connectivity index (χ0v) is 8.58. The highest BCUT2D eigenvalue weighted by Crippen LogP contribution is 1.89. The topological polar surface area (TPSA) is 92.7 Å². The minimum atomic E-state index is -3.50. The van der Waals surface area contributed by atoms with Crippen molar-refractivity contribution in [3.05, 3.63) is 12.7 Å². The van der Waals surface area contributed by atoms with Crippen LogP contribution in [-0.2, 0) is 19.6 Å². The fraction of sp³-hybridized carbons (Fsp3) is 0.571. The van der Waals surface area contributed by atoms with Gasteiger partial charge in [-0.25, -0.2) is 17.9 Å². The number of nitrogens with one attached hydrogen (secondary N) is 1. The molecule has 6 nitrogen and oxygen atoms in total. The quantitative estimate of drug-likeness (QED) is 0.428. The van der Waals surface area contributed by atoms with E-state index in [-0.39, 0.29) is 5.75 Å². The molecule has 0 saturated heterocycles. The minimum absolute atomic E-state index is 0.263. The Bertz CT molecular complexity index is 297. The molecule has 1 atom stereocenters. The molecule has 82 valence electrons. The fourth-order valence-corrected chi connectivity index (χ4v) is 1.48. The van der Waals surface area contributed by atoms with E-state index in [1.54, 1.807) is 0 Å². The molecule has 0 aliphatic carbocycles. The fourth-order valence-electron chi connectivity index (χ4n) is 0.639. The molecule has 7 heteroatoms. The zero-order chi connectivity index (χ0) is 11.2. The van der Waals surface area contributed by atoms with Crippen LogP contribution in [0, 0.1) is 0 Å². The number of carbonyl (C=O) groups is 1. The standard InChI is InChI=1S/C7H13NO5S/c1-3-4-14(11,12)8-5-6(9)7(10)13-2/h3,6,8-9H,1,4-5H2,2H3. The molecule has 0 aliphatic rings. The van der Waals surface area contributed by atoms with Gasteiger partial charge >= 0.3 is 5.97 Å². The molecule has 0 aliphatic heterocycles. The Morgan fingerprint density at radius 1 is 1.71 bits per heavy atom. The first kappa shape index (κ1) is 13.1. The monoisotopic (exact) mass is 223 g/mol. The Kier molecular flexibility index (Phi) is 5.36. The van der Waals surface area contributed by atoms with Crippen LogP contribution in [0.15, 0.2) is 12.7 Å². The molecule has 0 bridgehead atoms. The smallest absolute Gasteiger partial charge is 0.336 e. The first-order chi connectivity index (χ1) is 6.43. The number of rotatable bonds is 6. The summed E-state index contributed by atoms with van der Waals surface area (Å²) < 4.78 is 28.2. The molecule has 0 radical (unpaired) electrons. The van der Waals surface area contributed by atoms with Gasteiger partial charge < -0.3 is 9.84 Å². The summed E-state index contributed by atoms with van der Waals surface area (Å²) in [4.78, 5) is 10.7. The summed E-state index contributed by atoms with van der Waals surface area (Å²) in [7, 11) is -2.40. The second-order valence-corrected chi connectivity index (χ2v) is 4.31. The third-order valence-corrected chi connectivity index (χ3v) is 2.59. The largest absolute Gasteiger partial charge is 0.467 e. The van der Waals surface area contributed by atoms with Crippen LogP contribution in [0.25, 0.3) is 0 Å². The van der Waals surface area contributed by atoms with Crippen LogP contribution < -0.4 is 4.72 Å². The summed E-state index contributed by atoms with van der Waals surface area (Å²) >= 11 is 0. The van der Waals surface area contributed by atoms with Crippen LogP contribution in [0.3, 0.4) is 0 Å². The van der Waals surface area contributed by atoms with E-state index in [4.69, 9.17) is 5.11 Å². The second kappa shape index (κ2) is 5.74. The van der Waals surface area contributed by atoms with Crippen molar-refractivity contribution in [1.29, 1.82) is 0 Å². The van der Waals surface area contributed by atoms with Gasteiger partial charge in [-0.05, 0) is 0 Å². The molecular weight excluding hydrogens is 210 g/mol. The third kappa shape index (κ3) is 4.95. The molecule has 0 aromatic carbocycles. The van der Waals surface area contributed by atoms with Crippen molar-refractivity contribution in [2.45, 2.75) is 6.10 Å². The molecular formula is C7H13NO5S. The molecule has 0 fully saturated rings. The number of ether oxygens (including phenoxy) is 1. The lowest BCUT2D eigenvalue weighted by atomic mass is 10.4. The molecule has 2 N–H and O–H groups in total. The van der Waals surface area contributed by atoms with Gasteiger partial charge in [0.25, 0.3) is 0 Å². The number of hydrogen-bond donors (Lipinski definition) is 2. The predicted molar refractivity (Wildman–Crippen MR) is 50.0 cm³/mol. The summed E-state index contributed by atoms with van der Waals surface area (Å²) in [6, 6.07) is 0. The van der Waals surface area contributed by atoms with Gasteiger partial charge in [-0.1, -0.05) is 6.08 Å². The van der Waals surface area contributed by atoms with Crippen molar-refractivity contribution in [2.24, 2.45) is 0 Å². The molecule has 0 amide bonds. The van der Waals surface area contributed by atoms with Crippen molar-refractivity contribution in [3.63, 3.8) is 0 Å². The highest BCUT2D eigenvalue weighted by Gasteiger charge is 2.17. The molecule has 0 rings (SSSR count). The summed E-state index contributed by atoms with van der Waals surface area (Å²) in [5, 5.41) is 9.02. The molecule has 0 heterocycles. The van der Waals surface area contributed by atoms with E-state index >= 15 is 0 Å². The van der Waals surface area contributed by atoms with Gasteiger partial charge in [0.05, 0.1) is 12.9 Å². The third-order valence-electron chi connectivity index (χ3n) is 1.31. The van der Waals surface area contributed by atoms with E-state index in [9.17, 15) is 13.2 Å². The highest BCUT2D eigenvalue weighted by atomic mass is 32.2. The van der Waals surface area contributed by atoms with Crippen LogP contribution >= 0.6 is 0 Å². The first-order valence-corrected chi connectivity index (χ1v) is 5.42. The van der Waals surface area contributed by atoms with E-state index in [1.165, 1.54) is 6.08 Å². The molecule has 0 saturated carbocycles. The molecule has 0 aromatic heterocycles. The van der Waals surface area contributed by atoms with Crippen molar-refractivity contribution in [2.75, 3.05) is 19.4 Å². The number of methoxy groups -OCH3 is 1. The Morgan fingerprint density at radius 3 is 2.71 bits per heavy atom. The summed E-state index contributed by atoms with van der Waals surface area (Å²) in [5.74, 6) is -1.15. The van der Waals surface area contributed by atoms with Crippen LogP contribution in [-0.4, -0.2) is 45.0 Å². The second-order valence-electron chi connectivity index (χ2n) is 2.46. The van der Waals surface area contributed by atoms with Crippen LogP contribution in [0.4, 0.5) is 0 Å². The first-order valence-electron chi connectivity index (χ1n) is 3.77. The van der Waals surface area contributed by atoms with Gasteiger partial charge in [-0.15, -0.1) is 6.58 Å². The van der Waals surface area contributed by atoms with Crippen molar-refractivity contribution in [3.8, 4) is 0 Å². The molecule has 0 aromatic rings. The van der Waals surface area contributed by atoms with Gasteiger partial charge in [0, 0.05) is 6.54 Å². The Morgan fingerprint density at radius 2 is 2.29 bits per heavy atom. The summed E-state index contributed by atoms with van der Waals surface area (Å²) in [5.41, 5.74) is 0. The SMILES string of the molecule is C=CCS(=O)(=O)NCC(O)C(=O)OC. The van der Waals surface area contributed by atoms with Gasteiger partial charge in [0.1, 0.15) is 0 Å². The van der Waals surface area contributed by atoms with Crippen molar-refractivity contribution in [1.82, 2.24) is 4.72 Å². The average molecular weight is 223 g/mol. The number of hydrogen-bond acceptors (Lipinski definition) is 5. The minimum Gasteiger partial charge on any atom is -0.467 e. The van der Waals surface area contributed by atoms with Crippen LogP contribution in [0.5, 0.6) is 0 Å². The Hall–Kier alpha value is -0.920. The number of esters is 1. The maximum atomic E-state index is 11.0. The maximum absolute atomic E-state index is 11.0. The Labute approximate surface area is 82.6 Å². The van der Waals surface area contributed by atoms with E-state index in [0.717, 1.165) is 7.11 Å². The van der Waals surface area contributed by atoms with Crippen LogP contribution in [0.2, 0.25) is 0 Å². The molecule has 1 unspecified atom stereocenters. The lowest BCUT2D eigenvalue weighted by Crippen LogP contribution is -2.37. The van der Waals surface area contributed by atoms with E-state index in [2.05, 4.69) is 11.3 Å². The average Bonchev–Trinajstić information content (AvgIpc) is 2.13. The molecule has 0 spiro atoms. The van der Waals surface area contributed by atoms with Crippen LogP contribution in [0.1, 0.15) is 0 Å². The van der Waals surface area contributed by atoms with E-state index in [0.29, 0.717) is 0 Å². The number of carbonyl (C=O) groups excluding carboxylic acids is 1. The molecule has 14 heavy (non-hydrogen) atoms. The predicted octanol–water partition coefficient (Wildman–Crippen LogP) is -1.37. The normalized spacial score (nSPS) is 13.3.